The van der Waals surface area contributed by atoms with Gasteiger partial charge in [0.25, 0.3) is 0 Å². The highest BCUT2D eigenvalue weighted by Gasteiger charge is 2.51. The first kappa shape index (κ1) is 39.8. The van der Waals surface area contributed by atoms with E-state index in [4.69, 9.17) is 18.9 Å². The second-order valence-corrected chi connectivity index (χ2v) is 16.8. The first-order valence-electron chi connectivity index (χ1n) is 20.6. The van der Waals surface area contributed by atoms with Gasteiger partial charge in [-0.05, 0) is 125 Å². The molecule has 0 spiro atoms. The molecule has 3 N–H and O–H groups in total. The van der Waals surface area contributed by atoms with Crippen molar-refractivity contribution >= 4 is 28.8 Å². The second kappa shape index (κ2) is 16.4. The molecule has 9 nitrogen and oxygen atoms in total. The smallest absolute Gasteiger partial charge is 0.316 e. The molecule has 5 aromatic rings. The summed E-state index contributed by atoms with van der Waals surface area (Å²) in [5.74, 6) is -0.144. The van der Waals surface area contributed by atoms with Gasteiger partial charge in [0.15, 0.2) is 23.0 Å². The summed E-state index contributed by atoms with van der Waals surface area (Å²) in [6.45, 7) is 1.43. The molecule has 0 radical (unpaired) electrons. The largest absolute Gasteiger partial charge is 0.508 e. The van der Waals surface area contributed by atoms with Gasteiger partial charge >= 0.3 is 11.9 Å². The molecule has 3 aliphatic carbocycles. The van der Waals surface area contributed by atoms with Crippen LogP contribution in [0.3, 0.4) is 0 Å². The average molecular weight is 797 g/mol. The number of fused-ring (bicyclic) bond motifs is 3. The fourth-order valence-electron chi connectivity index (χ4n) is 10.3. The lowest BCUT2D eigenvalue weighted by atomic mass is 9.56. The monoisotopic (exact) mass is 796 g/mol. The SMILES string of the molecule is COc1cc([C@@H]2C[C@H](OC(=O)C3(c4ccc5cc(O)ccc5c4)CCCC3)C[C@@H](OC(C)=O)[C@@H]3Cc4cc(OC)c(O)cc4C[C@@]3(/C=C/c3ccccc3)C2)ccc1O. The molecule has 5 atom stereocenters. The number of phenols is 3. The number of hydrogen-bond acceptors (Lipinski definition) is 9. The number of esters is 2. The first-order chi connectivity index (χ1) is 28.5. The standard InChI is InChI=1S/C50H52O9/c1-31(51)58-45-28-41(59-48(55)50(18-7-8-19-50)39-14-11-34-22-40(52)15-12-33(34)21-39)23-37(35-13-16-43(53)46(26-35)56-2)29-49(20-17-32-9-5-4-6-10-32)30-38-25-44(54)47(57-3)27-36(38)24-42(45)49/h4-6,9-17,20-22,25-27,37,41-42,45,52-54H,7-8,18-19,23-24,28-30H2,1-3H3/b20-17+/t37-,41+,42+,45-,49-/m1/s1. The lowest BCUT2D eigenvalue weighted by Gasteiger charge is -2.50. The van der Waals surface area contributed by atoms with Crippen LogP contribution < -0.4 is 9.47 Å². The molecule has 8 rings (SSSR count). The molecule has 9 heteroatoms. The molecule has 306 valence electrons. The molecule has 59 heavy (non-hydrogen) atoms. The van der Waals surface area contributed by atoms with Gasteiger partial charge in [0.1, 0.15) is 18.0 Å². The molecule has 2 saturated carbocycles. The van der Waals surface area contributed by atoms with Crippen LogP contribution in [0.5, 0.6) is 28.7 Å². The van der Waals surface area contributed by atoms with E-state index in [9.17, 15) is 24.9 Å². The maximum Gasteiger partial charge on any atom is 0.316 e. The highest BCUT2D eigenvalue weighted by Crippen LogP contribution is 2.55. The molecule has 2 fully saturated rings. The Morgan fingerprint density at radius 1 is 0.746 bits per heavy atom. The quantitative estimate of drug-likeness (QED) is 0.125. The lowest BCUT2D eigenvalue weighted by Crippen LogP contribution is -2.49. The van der Waals surface area contributed by atoms with Crippen molar-refractivity contribution in [1.29, 1.82) is 0 Å². The van der Waals surface area contributed by atoms with Crippen LogP contribution in [-0.2, 0) is 37.3 Å². The van der Waals surface area contributed by atoms with Gasteiger partial charge in [-0.1, -0.05) is 85.7 Å². The zero-order valence-corrected chi connectivity index (χ0v) is 33.9. The summed E-state index contributed by atoms with van der Waals surface area (Å²) >= 11 is 0. The van der Waals surface area contributed by atoms with E-state index in [1.807, 2.05) is 60.7 Å². The van der Waals surface area contributed by atoms with E-state index < -0.39 is 29.0 Å². The number of benzene rings is 5. The van der Waals surface area contributed by atoms with Crippen molar-refractivity contribution < 1.29 is 43.9 Å². The number of carbonyl (C=O) groups is 2. The van der Waals surface area contributed by atoms with Crippen LogP contribution in [0.25, 0.3) is 16.8 Å². The van der Waals surface area contributed by atoms with Crippen molar-refractivity contribution in [1.82, 2.24) is 0 Å². The van der Waals surface area contributed by atoms with Crippen molar-refractivity contribution in [2.45, 2.75) is 88.3 Å². The summed E-state index contributed by atoms with van der Waals surface area (Å²) < 4.78 is 24.3. The Labute approximate surface area is 345 Å². The van der Waals surface area contributed by atoms with E-state index in [-0.39, 0.29) is 41.5 Å². The zero-order valence-electron chi connectivity index (χ0n) is 33.9. The van der Waals surface area contributed by atoms with Gasteiger partial charge in [0.05, 0.1) is 19.6 Å². The summed E-state index contributed by atoms with van der Waals surface area (Å²) in [6, 6.07) is 30.4. The summed E-state index contributed by atoms with van der Waals surface area (Å²) in [4.78, 5) is 28.0. The van der Waals surface area contributed by atoms with E-state index in [0.717, 1.165) is 51.4 Å². The van der Waals surface area contributed by atoms with Gasteiger partial charge in [-0.3, -0.25) is 9.59 Å². The summed E-state index contributed by atoms with van der Waals surface area (Å²) in [5.41, 5.74) is 3.38. The summed E-state index contributed by atoms with van der Waals surface area (Å²) in [5, 5.41) is 33.6. The van der Waals surface area contributed by atoms with E-state index in [0.29, 0.717) is 50.0 Å². The van der Waals surface area contributed by atoms with E-state index in [1.165, 1.54) is 21.1 Å². The predicted octanol–water partition coefficient (Wildman–Crippen LogP) is 9.71. The normalized spacial score (nSPS) is 23.7. The minimum absolute atomic E-state index is 0.0290. The number of aromatic hydroxyl groups is 3. The number of rotatable bonds is 9. The molecule has 0 aromatic heterocycles. The second-order valence-electron chi connectivity index (χ2n) is 16.8. The molecule has 0 bridgehead atoms. The Kier molecular flexibility index (Phi) is 11.0. The van der Waals surface area contributed by atoms with Crippen LogP contribution in [0.15, 0.2) is 103 Å². The van der Waals surface area contributed by atoms with Crippen LogP contribution in [0, 0.1) is 11.3 Å². The Hall–Kier alpha value is -5.96. The minimum Gasteiger partial charge on any atom is -0.508 e. The number of allylic oxidation sites excluding steroid dienone is 1. The summed E-state index contributed by atoms with van der Waals surface area (Å²) in [7, 11) is 3.06. The average Bonchev–Trinajstić information content (AvgIpc) is 3.73. The van der Waals surface area contributed by atoms with Crippen molar-refractivity contribution in [2.75, 3.05) is 14.2 Å². The Bertz CT molecular complexity index is 2380. The minimum atomic E-state index is -0.854. The van der Waals surface area contributed by atoms with Crippen molar-refractivity contribution in [3.8, 4) is 28.7 Å². The maximum absolute atomic E-state index is 14.9. The van der Waals surface area contributed by atoms with E-state index in [2.05, 4.69) is 24.3 Å². The molecule has 0 aliphatic heterocycles. The fourth-order valence-corrected chi connectivity index (χ4v) is 10.3. The molecule has 0 unspecified atom stereocenters. The zero-order chi connectivity index (χ0) is 41.3. The summed E-state index contributed by atoms with van der Waals surface area (Å²) in [6.07, 6.45) is 8.56. The van der Waals surface area contributed by atoms with Gasteiger partial charge in [-0.15, -0.1) is 0 Å². The molecule has 3 aliphatic rings. The third-order valence-electron chi connectivity index (χ3n) is 13.2. The van der Waals surface area contributed by atoms with Crippen molar-refractivity contribution in [2.24, 2.45) is 11.3 Å². The maximum atomic E-state index is 14.9. The van der Waals surface area contributed by atoms with Gasteiger partial charge in [0, 0.05) is 19.3 Å². The Morgan fingerprint density at radius 2 is 1.47 bits per heavy atom. The topological polar surface area (TPSA) is 132 Å². The fraction of sp³-hybridized carbons (Fsp3) is 0.360. The number of phenolic OH excluding ortho intramolecular Hbond substituents is 3. The number of hydrogen-bond donors (Lipinski definition) is 3. The molecular weight excluding hydrogens is 745 g/mol. The predicted molar refractivity (Wildman–Crippen MR) is 226 cm³/mol. The number of carbonyl (C=O) groups excluding carboxylic acids is 2. The third-order valence-corrected chi connectivity index (χ3v) is 13.2. The lowest BCUT2D eigenvalue weighted by molar-refractivity contribution is -0.165. The van der Waals surface area contributed by atoms with Crippen LogP contribution in [0.4, 0.5) is 0 Å². The highest BCUT2D eigenvalue weighted by molar-refractivity contribution is 5.89. The van der Waals surface area contributed by atoms with Crippen LogP contribution in [0.2, 0.25) is 0 Å². The Morgan fingerprint density at radius 3 is 2.22 bits per heavy atom. The number of ether oxygens (including phenoxy) is 4. The highest BCUT2D eigenvalue weighted by atomic mass is 16.6. The molecule has 0 amide bonds. The van der Waals surface area contributed by atoms with Crippen LogP contribution in [0.1, 0.15) is 85.6 Å². The van der Waals surface area contributed by atoms with E-state index in [1.54, 1.807) is 24.3 Å². The molecule has 0 heterocycles. The van der Waals surface area contributed by atoms with E-state index >= 15 is 0 Å². The first-order valence-corrected chi connectivity index (χ1v) is 20.6. The molecule has 0 saturated heterocycles. The van der Waals surface area contributed by atoms with Crippen LogP contribution in [-0.4, -0.2) is 53.7 Å². The number of methoxy groups -OCH3 is 2. The van der Waals surface area contributed by atoms with Gasteiger partial charge in [-0.2, -0.15) is 0 Å². The third kappa shape index (κ3) is 7.95. The van der Waals surface area contributed by atoms with Gasteiger partial charge in [-0.25, -0.2) is 0 Å². The van der Waals surface area contributed by atoms with Crippen molar-refractivity contribution in [3.63, 3.8) is 0 Å². The van der Waals surface area contributed by atoms with Crippen LogP contribution >= 0.6 is 0 Å². The Balaban J connectivity index is 1.25. The van der Waals surface area contributed by atoms with Crippen molar-refractivity contribution in [3.05, 3.63) is 131 Å². The molecular formula is C50H52O9. The molecule has 5 aromatic carbocycles. The van der Waals surface area contributed by atoms with Gasteiger partial charge in [0.2, 0.25) is 0 Å². The van der Waals surface area contributed by atoms with Gasteiger partial charge < -0.3 is 34.3 Å².